The Hall–Kier alpha value is -0.260. The van der Waals surface area contributed by atoms with E-state index in [1.807, 2.05) is 0 Å². The summed E-state index contributed by atoms with van der Waals surface area (Å²) in [5.41, 5.74) is 0. The second kappa shape index (κ2) is 6.28. The number of rotatable bonds is 6. The van der Waals surface area contributed by atoms with Crippen LogP contribution in [0.4, 0.5) is 8.78 Å². The average molecular weight is 183 g/mol. The fourth-order valence-corrected chi connectivity index (χ4v) is 0.634. The highest BCUT2D eigenvalue weighted by Gasteiger charge is 2.15. The fraction of sp³-hybridized carbons (Fsp3) is 1.00. The van der Waals surface area contributed by atoms with Gasteiger partial charge in [0.1, 0.15) is 0 Å². The molecule has 0 saturated heterocycles. The first-order valence-corrected chi connectivity index (χ1v) is 3.69. The van der Waals surface area contributed by atoms with Gasteiger partial charge in [0, 0.05) is 20.8 Å². The molecule has 74 valence electrons. The first kappa shape index (κ1) is 11.7. The summed E-state index contributed by atoms with van der Waals surface area (Å²) in [6, 6.07) is -0.835. The van der Waals surface area contributed by atoms with Crippen molar-refractivity contribution in [2.24, 2.45) is 0 Å². The predicted octanol–water partition coefficient (Wildman–Crippen LogP) is 0.849. The first-order chi connectivity index (χ1) is 5.61. The SMILES string of the molecule is COC(CNC(C)C(F)F)OC. The van der Waals surface area contributed by atoms with Gasteiger partial charge in [-0.25, -0.2) is 8.78 Å². The number of nitrogens with one attached hydrogen (secondary N) is 1. The lowest BCUT2D eigenvalue weighted by atomic mass is 10.3. The maximum absolute atomic E-state index is 11.9. The van der Waals surface area contributed by atoms with Crippen molar-refractivity contribution in [1.29, 1.82) is 0 Å². The number of halogens is 2. The molecule has 0 aromatic rings. The van der Waals surface area contributed by atoms with Gasteiger partial charge in [-0.3, -0.25) is 0 Å². The Bertz CT molecular complexity index is 108. The van der Waals surface area contributed by atoms with Gasteiger partial charge >= 0.3 is 0 Å². The fourth-order valence-electron chi connectivity index (χ4n) is 0.634. The molecule has 0 aliphatic heterocycles. The summed E-state index contributed by atoms with van der Waals surface area (Å²) in [4.78, 5) is 0. The van der Waals surface area contributed by atoms with E-state index in [0.717, 1.165) is 0 Å². The summed E-state index contributed by atoms with van der Waals surface area (Å²) in [6.07, 6.45) is -2.83. The van der Waals surface area contributed by atoms with Gasteiger partial charge in [-0.2, -0.15) is 0 Å². The molecule has 5 heteroatoms. The van der Waals surface area contributed by atoms with Crippen LogP contribution < -0.4 is 5.32 Å². The summed E-state index contributed by atoms with van der Waals surface area (Å²) < 4.78 is 33.5. The third-order valence-corrected chi connectivity index (χ3v) is 1.51. The monoisotopic (exact) mass is 183 g/mol. The summed E-state index contributed by atoms with van der Waals surface area (Å²) in [5.74, 6) is 0. The van der Waals surface area contributed by atoms with Crippen LogP contribution in [0.2, 0.25) is 0 Å². The van der Waals surface area contributed by atoms with Crippen LogP contribution in [-0.4, -0.2) is 39.5 Å². The quantitative estimate of drug-likeness (QED) is 0.619. The van der Waals surface area contributed by atoms with E-state index in [0.29, 0.717) is 0 Å². The minimum atomic E-state index is -2.36. The van der Waals surface area contributed by atoms with Crippen molar-refractivity contribution >= 4 is 0 Å². The molecule has 0 rings (SSSR count). The van der Waals surface area contributed by atoms with Gasteiger partial charge < -0.3 is 14.8 Å². The molecule has 0 aromatic heterocycles. The summed E-state index contributed by atoms with van der Waals surface area (Å²) in [6.45, 7) is 1.67. The Balaban J connectivity index is 3.51. The van der Waals surface area contributed by atoms with Crippen molar-refractivity contribution in [3.8, 4) is 0 Å². The zero-order chi connectivity index (χ0) is 9.56. The predicted molar refractivity (Wildman–Crippen MR) is 41.3 cm³/mol. The molecule has 0 amide bonds. The highest BCUT2D eigenvalue weighted by molar-refractivity contribution is 4.63. The van der Waals surface area contributed by atoms with Gasteiger partial charge in [-0.15, -0.1) is 0 Å². The molecular weight excluding hydrogens is 168 g/mol. The zero-order valence-corrected chi connectivity index (χ0v) is 7.51. The van der Waals surface area contributed by atoms with Gasteiger partial charge in [0.15, 0.2) is 6.29 Å². The number of hydrogen-bond acceptors (Lipinski definition) is 3. The first-order valence-electron chi connectivity index (χ1n) is 3.69. The lowest BCUT2D eigenvalue weighted by Gasteiger charge is -2.17. The van der Waals surface area contributed by atoms with Crippen molar-refractivity contribution in [2.75, 3.05) is 20.8 Å². The van der Waals surface area contributed by atoms with Crippen molar-refractivity contribution in [2.45, 2.75) is 25.7 Å². The van der Waals surface area contributed by atoms with Crippen LogP contribution in [0, 0.1) is 0 Å². The minimum absolute atomic E-state index is 0.262. The Kier molecular flexibility index (Phi) is 6.14. The second-order valence-electron chi connectivity index (χ2n) is 2.43. The summed E-state index contributed by atoms with van der Waals surface area (Å²) in [5, 5.41) is 2.58. The van der Waals surface area contributed by atoms with E-state index in [1.54, 1.807) is 0 Å². The molecule has 0 saturated carbocycles. The van der Waals surface area contributed by atoms with E-state index in [2.05, 4.69) is 5.32 Å². The molecule has 3 nitrogen and oxygen atoms in total. The van der Waals surface area contributed by atoms with Crippen LogP contribution in [0.25, 0.3) is 0 Å². The van der Waals surface area contributed by atoms with Crippen molar-refractivity contribution in [3.63, 3.8) is 0 Å². The highest BCUT2D eigenvalue weighted by Crippen LogP contribution is 1.99. The lowest BCUT2D eigenvalue weighted by Crippen LogP contribution is -2.39. The van der Waals surface area contributed by atoms with Crippen LogP contribution in [0.1, 0.15) is 6.92 Å². The van der Waals surface area contributed by atoms with Gasteiger partial charge in [-0.1, -0.05) is 0 Å². The average Bonchev–Trinajstić information content (AvgIpc) is 2.05. The van der Waals surface area contributed by atoms with Crippen LogP contribution in [-0.2, 0) is 9.47 Å². The molecule has 0 spiro atoms. The lowest BCUT2D eigenvalue weighted by molar-refractivity contribution is -0.101. The van der Waals surface area contributed by atoms with Crippen LogP contribution in [0.5, 0.6) is 0 Å². The van der Waals surface area contributed by atoms with E-state index in [9.17, 15) is 8.78 Å². The molecule has 1 unspecified atom stereocenters. The number of hydrogen-bond donors (Lipinski definition) is 1. The molecule has 0 heterocycles. The molecule has 1 N–H and O–H groups in total. The van der Waals surface area contributed by atoms with Crippen molar-refractivity contribution in [1.82, 2.24) is 5.32 Å². The zero-order valence-electron chi connectivity index (χ0n) is 7.51. The normalized spacial score (nSPS) is 14.2. The molecule has 0 radical (unpaired) electrons. The van der Waals surface area contributed by atoms with E-state index in [1.165, 1.54) is 21.1 Å². The second-order valence-corrected chi connectivity index (χ2v) is 2.43. The van der Waals surface area contributed by atoms with Crippen LogP contribution in [0.15, 0.2) is 0 Å². The molecule has 1 atom stereocenters. The van der Waals surface area contributed by atoms with E-state index in [4.69, 9.17) is 9.47 Å². The molecular formula is C7H15F2NO2. The van der Waals surface area contributed by atoms with Gasteiger partial charge in [0.2, 0.25) is 0 Å². The van der Waals surface area contributed by atoms with Gasteiger partial charge in [0.25, 0.3) is 6.43 Å². The van der Waals surface area contributed by atoms with E-state index < -0.39 is 18.8 Å². The Labute approximate surface area is 71.0 Å². The number of methoxy groups -OCH3 is 2. The number of ether oxygens (including phenoxy) is 2. The van der Waals surface area contributed by atoms with Crippen LogP contribution >= 0.6 is 0 Å². The minimum Gasteiger partial charge on any atom is -0.355 e. The molecule has 0 fully saturated rings. The molecule has 0 aliphatic rings. The van der Waals surface area contributed by atoms with Crippen LogP contribution in [0.3, 0.4) is 0 Å². The van der Waals surface area contributed by atoms with E-state index >= 15 is 0 Å². The van der Waals surface area contributed by atoms with E-state index in [-0.39, 0.29) is 6.54 Å². The Morgan fingerprint density at radius 1 is 1.25 bits per heavy atom. The highest BCUT2D eigenvalue weighted by atomic mass is 19.3. The molecule has 0 aromatic carbocycles. The number of alkyl halides is 2. The van der Waals surface area contributed by atoms with Crippen molar-refractivity contribution < 1.29 is 18.3 Å². The standard InChI is InChI=1S/C7H15F2NO2/c1-5(7(8)9)10-4-6(11-2)12-3/h5-7,10H,4H2,1-3H3. The molecule has 0 bridgehead atoms. The Morgan fingerprint density at radius 2 is 1.75 bits per heavy atom. The smallest absolute Gasteiger partial charge is 0.253 e. The maximum Gasteiger partial charge on any atom is 0.253 e. The largest absolute Gasteiger partial charge is 0.355 e. The molecule has 12 heavy (non-hydrogen) atoms. The maximum atomic E-state index is 11.9. The van der Waals surface area contributed by atoms with Crippen molar-refractivity contribution in [3.05, 3.63) is 0 Å². The van der Waals surface area contributed by atoms with Gasteiger partial charge in [-0.05, 0) is 6.92 Å². The topological polar surface area (TPSA) is 30.5 Å². The van der Waals surface area contributed by atoms with Gasteiger partial charge in [0.05, 0.1) is 6.04 Å². The summed E-state index contributed by atoms with van der Waals surface area (Å²) >= 11 is 0. The Morgan fingerprint density at radius 3 is 2.08 bits per heavy atom. The third kappa shape index (κ3) is 4.58. The summed E-state index contributed by atoms with van der Waals surface area (Å²) in [7, 11) is 2.92. The molecule has 0 aliphatic carbocycles. The third-order valence-electron chi connectivity index (χ3n) is 1.51.